The number of unbranched alkanes of at least 4 members (excludes halogenated alkanes) is 1. The minimum absolute atomic E-state index is 0.138. The van der Waals surface area contributed by atoms with Crippen molar-refractivity contribution in [2.75, 3.05) is 121 Å². The van der Waals surface area contributed by atoms with Crippen molar-refractivity contribution < 1.29 is 38.4 Å². The van der Waals surface area contributed by atoms with Gasteiger partial charge in [-0.3, -0.25) is 29.5 Å². The molecule has 3 amide bonds. The molecule has 1 aliphatic carbocycles. The van der Waals surface area contributed by atoms with Crippen LogP contribution in [0.3, 0.4) is 0 Å². The normalized spacial score (nSPS) is 21.4. The minimum atomic E-state index is -0.599. The summed E-state index contributed by atoms with van der Waals surface area (Å²) in [5.41, 5.74) is 6.47. The Balaban J connectivity index is 0.654. The molecule has 3 aliphatic heterocycles. The zero-order valence-corrected chi connectivity index (χ0v) is 39.8. The summed E-state index contributed by atoms with van der Waals surface area (Å²) in [5.74, 6) is -1.33. The van der Waals surface area contributed by atoms with Crippen molar-refractivity contribution in [3.8, 4) is 11.3 Å². The molecule has 18 heteroatoms. The summed E-state index contributed by atoms with van der Waals surface area (Å²) in [6, 6.07) is 14.7. The molecule has 4 N–H and O–H groups in total. The van der Waals surface area contributed by atoms with Gasteiger partial charge < -0.3 is 39.6 Å². The molecule has 8 rings (SSSR count). The van der Waals surface area contributed by atoms with Gasteiger partial charge in [-0.1, -0.05) is 49.7 Å². The molecule has 2 unspecified atom stereocenters. The van der Waals surface area contributed by atoms with Crippen molar-refractivity contribution in [1.29, 1.82) is 0 Å². The number of hydrogen-bond donors (Lipinski definition) is 4. The molecule has 2 aromatic carbocycles. The second-order valence-electron chi connectivity index (χ2n) is 18.3. The van der Waals surface area contributed by atoms with Crippen LogP contribution in [-0.2, 0) is 39.9 Å². The van der Waals surface area contributed by atoms with Gasteiger partial charge in [-0.05, 0) is 55.7 Å². The number of hydrogen-bond acceptors (Lipinski definition) is 15. The lowest BCUT2D eigenvalue weighted by molar-refractivity contribution is -0.139. The number of piperazine rings is 1. The van der Waals surface area contributed by atoms with Gasteiger partial charge in [0.1, 0.15) is 5.69 Å². The van der Waals surface area contributed by atoms with Crippen molar-refractivity contribution in [3.05, 3.63) is 59.8 Å². The predicted molar refractivity (Wildman–Crippen MR) is 260 cm³/mol. The monoisotopic (exact) mass is 939 g/mol. The SMILES string of the molecule is CCCCNc1ncc2c(-c3ccc(CN4CCN(CCOCCOCCOCCOCCNc5cccc6c5N(C)C(=O)C6C5CCC(=O)NC5=O)CC4)cc3)nn([C@H]3CC[C@H](O)CC3)c2n1. The molecule has 0 spiro atoms. The fraction of sp³-hybridized carbons (Fsp3) is 0.600. The van der Waals surface area contributed by atoms with Gasteiger partial charge in [-0.15, -0.1) is 0 Å². The molecule has 2 saturated heterocycles. The van der Waals surface area contributed by atoms with E-state index in [1.54, 1.807) is 11.9 Å². The fourth-order valence-corrected chi connectivity index (χ4v) is 9.77. The highest BCUT2D eigenvalue weighted by Gasteiger charge is 2.46. The van der Waals surface area contributed by atoms with Crippen LogP contribution in [0.2, 0.25) is 0 Å². The number of imide groups is 1. The number of aromatic nitrogens is 4. The molecule has 0 radical (unpaired) electrons. The third-order valence-corrected chi connectivity index (χ3v) is 13.6. The van der Waals surface area contributed by atoms with Crippen LogP contribution in [0.1, 0.15) is 81.4 Å². The topological polar surface area (TPSA) is 198 Å². The van der Waals surface area contributed by atoms with Crippen molar-refractivity contribution >= 4 is 46.1 Å². The Bertz CT molecular complexity index is 2280. The van der Waals surface area contributed by atoms with Crippen LogP contribution in [0.5, 0.6) is 0 Å². The standard InChI is InChI=1S/C50H70N10O8/c1-3-4-18-52-50-53-33-41-45(56-60(47(41)55-50)37-12-14-38(61)15-13-37)36-10-8-35(9-11-36)34-59-22-20-58(21-23-59)24-26-66-28-30-68-32-31-67-29-27-65-25-19-51-42-7-5-6-39-44(49(64)57(2)46(39)42)40-16-17-43(62)54-48(40)63/h5-11,33,37-38,40,44,51,61H,3-4,12-32,34H2,1-2H3,(H,52,53,55)(H,54,62,63)/t37-,38-,40?,44?. The van der Waals surface area contributed by atoms with Crippen LogP contribution in [-0.4, -0.2) is 164 Å². The highest BCUT2D eigenvalue weighted by molar-refractivity contribution is 6.11. The highest BCUT2D eigenvalue weighted by atomic mass is 16.6. The van der Waals surface area contributed by atoms with Crippen LogP contribution in [0.15, 0.2) is 48.7 Å². The molecule has 18 nitrogen and oxygen atoms in total. The van der Waals surface area contributed by atoms with Crippen LogP contribution in [0.25, 0.3) is 22.3 Å². The Hall–Kier alpha value is -5.08. The molecule has 68 heavy (non-hydrogen) atoms. The van der Waals surface area contributed by atoms with Gasteiger partial charge in [-0.2, -0.15) is 10.1 Å². The number of carbonyl (C=O) groups excluding carboxylic acids is 3. The molecule has 2 atom stereocenters. The first kappa shape index (κ1) is 49.3. The number of aliphatic hydroxyl groups excluding tert-OH is 1. The molecule has 4 aliphatic rings. The summed E-state index contributed by atoms with van der Waals surface area (Å²) in [4.78, 5) is 53.6. The van der Waals surface area contributed by atoms with Crippen molar-refractivity contribution in [3.63, 3.8) is 0 Å². The Labute approximate surface area is 399 Å². The summed E-state index contributed by atoms with van der Waals surface area (Å²) < 4.78 is 25.1. The van der Waals surface area contributed by atoms with Gasteiger partial charge in [0.15, 0.2) is 5.65 Å². The molecule has 368 valence electrons. The number of likely N-dealkylation sites (N-methyl/N-ethyl adjacent to an activating group) is 1. The maximum atomic E-state index is 13.2. The van der Waals surface area contributed by atoms with E-state index in [1.807, 2.05) is 24.4 Å². The number of nitrogens with zero attached hydrogens (tertiary/aromatic N) is 7. The number of ether oxygens (including phenoxy) is 4. The lowest BCUT2D eigenvalue weighted by atomic mass is 9.81. The first-order valence-corrected chi connectivity index (χ1v) is 24.8. The van der Waals surface area contributed by atoms with Gasteiger partial charge in [0, 0.05) is 77.6 Å². The molecule has 3 fully saturated rings. The average Bonchev–Trinajstić information content (AvgIpc) is 3.85. The number of carbonyl (C=O) groups is 3. The zero-order valence-electron chi connectivity index (χ0n) is 39.8. The zero-order chi connectivity index (χ0) is 47.2. The molecule has 0 bridgehead atoms. The number of nitrogens with one attached hydrogen (secondary N) is 3. The number of rotatable bonds is 25. The van der Waals surface area contributed by atoms with Crippen LogP contribution in [0, 0.1) is 5.92 Å². The fourth-order valence-electron chi connectivity index (χ4n) is 9.77. The molecule has 1 saturated carbocycles. The van der Waals surface area contributed by atoms with Crippen molar-refractivity contribution in [2.45, 2.75) is 82.9 Å². The molecule has 4 aromatic rings. The van der Waals surface area contributed by atoms with Gasteiger partial charge in [-0.25, -0.2) is 9.67 Å². The number of piperidine rings is 1. The van der Waals surface area contributed by atoms with E-state index in [0.717, 1.165) is 124 Å². The van der Waals surface area contributed by atoms with E-state index < -0.39 is 11.8 Å². The van der Waals surface area contributed by atoms with E-state index in [-0.39, 0.29) is 36.3 Å². The number of anilines is 3. The Morgan fingerprint density at radius 3 is 2.19 bits per heavy atom. The van der Waals surface area contributed by atoms with Crippen molar-refractivity contribution in [2.24, 2.45) is 5.92 Å². The summed E-state index contributed by atoms with van der Waals surface area (Å²) in [6.45, 7) is 13.5. The van der Waals surface area contributed by atoms with Gasteiger partial charge in [0.2, 0.25) is 23.7 Å². The second-order valence-corrected chi connectivity index (χ2v) is 18.3. The van der Waals surface area contributed by atoms with E-state index >= 15 is 0 Å². The van der Waals surface area contributed by atoms with Crippen LogP contribution < -0.4 is 20.9 Å². The summed E-state index contributed by atoms with van der Waals surface area (Å²) >= 11 is 0. The minimum Gasteiger partial charge on any atom is -0.393 e. The van der Waals surface area contributed by atoms with E-state index in [2.05, 4.69) is 66.6 Å². The van der Waals surface area contributed by atoms with Gasteiger partial charge >= 0.3 is 0 Å². The maximum Gasteiger partial charge on any atom is 0.235 e. The first-order chi connectivity index (χ1) is 33.3. The van der Waals surface area contributed by atoms with E-state index in [1.165, 1.54) is 5.56 Å². The van der Waals surface area contributed by atoms with Crippen LogP contribution in [0.4, 0.5) is 17.3 Å². The Kier molecular flexibility index (Phi) is 17.8. The van der Waals surface area contributed by atoms with E-state index in [0.29, 0.717) is 71.8 Å². The maximum absolute atomic E-state index is 13.2. The largest absolute Gasteiger partial charge is 0.393 e. The molecule has 2 aromatic heterocycles. The Morgan fingerprint density at radius 2 is 1.49 bits per heavy atom. The van der Waals surface area contributed by atoms with Crippen molar-refractivity contribution in [1.82, 2.24) is 34.9 Å². The average molecular weight is 939 g/mol. The quantitative estimate of drug-likeness (QED) is 0.0532. The smallest absolute Gasteiger partial charge is 0.235 e. The Morgan fingerprint density at radius 1 is 0.794 bits per heavy atom. The number of amides is 3. The third-order valence-electron chi connectivity index (χ3n) is 13.6. The lowest BCUT2D eigenvalue weighted by Gasteiger charge is -2.34. The third kappa shape index (κ3) is 12.6. The number of fused-ring (bicyclic) bond motifs is 2. The van der Waals surface area contributed by atoms with E-state index in [9.17, 15) is 19.5 Å². The second kappa shape index (κ2) is 24.5. The molecule has 5 heterocycles. The van der Waals surface area contributed by atoms with Gasteiger partial charge in [0.05, 0.1) is 93.6 Å². The highest BCUT2D eigenvalue weighted by Crippen LogP contribution is 2.46. The summed E-state index contributed by atoms with van der Waals surface area (Å²) in [6.07, 6.45) is 7.79. The summed E-state index contributed by atoms with van der Waals surface area (Å²) in [5, 5.41) is 25.4. The molecular formula is C50H70N10O8. The summed E-state index contributed by atoms with van der Waals surface area (Å²) in [7, 11) is 1.72. The number of benzene rings is 2. The predicted octanol–water partition coefficient (Wildman–Crippen LogP) is 4.59. The van der Waals surface area contributed by atoms with Crippen LogP contribution >= 0.6 is 0 Å². The molecular weight excluding hydrogens is 869 g/mol. The lowest BCUT2D eigenvalue weighted by Crippen LogP contribution is -2.46. The van der Waals surface area contributed by atoms with E-state index in [4.69, 9.17) is 29.0 Å². The number of aliphatic hydroxyl groups is 1. The first-order valence-electron chi connectivity index (χ1n) is 24.8. The van der Waals surface area contributed by atoms with Gasteiger partial charge in [0.25, 0.3) is 0 Å². The number of para-hydroxylation sites is 1.